The number of aryl methyl sites for hydroxylation is 2. The van der Waals surface area contributed by atoms with Gasteiger partial charge < -0.3 is 10.0 Å². The SMILES string of the molecule is Cc1nn(C)c(CN2C(=O)N(C)[C@@H](C)c3ccc(C(=O)O)cc32)c1Br. The molecule has 1 aromatic heterocycles. The molecular weight excluding hydrogens is 388 g/mol. The van der Waals surface area contributed by atoms with Crippen molar-refractivity contribution in [2.24, 2.45) is 7.05 Å². The number of carboxylic acid groups (broad SMARTS) is 1. The molecule has 0 radical (unpaired) electrons. The molecule has 0 bridgehead atoms. The van der Waals surface area contributed by atoms with Crippen LogP contribution in [0.3, 0.4) is 0 Å². The number of fused-ring (bicyclic) bond motifs is 1. The van der Waals surface area contributed by atoms with E-state index in [2.05, 4.69) is 21.0 Å². The van der Waals surface area contributed by atoms with E-state index in [1.807, 2.05) is 20.9 Å². The van der Waals surface area contributed by atoms with E-state index in [1.54, 1.807) is 39.7 Å². The second kappa shape index (κ2) is 6.18. The van der Waals surface area contributed by atoms with E-state index in [1.165, 1.54) is 0 Å². The van der Waals surface area contributed by atoms with Crippen LogP contribution in [-0.4, -0.2) is 38.8 Å². The number of halogens is 1. The second-order valence-corrected chi connectivity index (χ2v) is 7.00. The number of rotatable bonds is 3. The van der Waals surface area contributed by atoms with E-state index in [0.717, 1.165) is 21.4 Å². The predicted molar refractivity (Wildman–Crippen MR) is 96.8 cm³/mol. The van der Waals surface area contributed by atoms with Gasteiger partial charge in [0.05, 0.1) is 39.7 Å². The Balaban J connectivity index is 2.12. The Kier molecular flexibility index (Phi) is 4.32. The Labute approximate surface area is 154 Å². The molecule has 1 N–H and O–H groups in total. The van der Waals surface area contributed by atoms with E-state index >= 15 is 0 Å². The number of carboxylic acids is 1. The fourth-order valence-corrected chi connectivity index (χ4v) is 3.55. The third kappa shape index (κ3) is 2.80. The summed E-state index contributed by atoms with van der Waals surface area (Å²) < 4.78 is 2.57. The lowest BCUT2D eigenvalue weighted by Gasteiger charge is -2.39. The highest BCUT2D eigenvalue weighted by molar-refractivity contribution is 9.10. The Bertz CT molecular complexity index is 877. The van der Waals surface area contributed by atoms with E-state index in [9.17, 15) is 14.7 Å². The van der Waals surface area contributed by atoms with Crippen LogP contribution in [-0.2, 0) is 13.6 Å². The van der Waals surface area contributed by atoms with Crippen LogP contribution in [0.25, 0.3) is 0 Å². The molecule has 0 fully saturated rings. The van der Waals surface area contributed by atoms with E-state index in [-0.39, 0.29) is 17.6 Å². The minimum atomic E-state index is -1.01. The molecule has 132 valence electrons. The lowest BCUT2D eigenvalue weighted by Crippen LogP contribution is -2.46. The number of urea groups is 1. The van der Waals surface area contributed by atoms with E-state index in [4.69, 9.17) is 0 Å². The lowest BCUT2D eigenvalue weighted by molar-refractivity contribution is 0.0696. The van der Waals surface area contributed by atoms with Crippen molar-refractivity contribution >= 4 is 33.6 Å². The maximum Gasteiger partial charge on any atom is 0.335 e. The third-order valence-electron chi connectivity index (χ3n) is 4.70. The topological polar surface area (TPSA) is 78.7 Å². The number of nitrogens with zero attached hydrogens (tertiary/aromatic N) is 4. The Hall–Kier alpha value is -2.35. The van der Waals surface area contributed by atoms with Crippen LogP contribution in [0.1, 0.15) is 40.3 Å². The summed E-state index contributed by atoms with van der Waals surface area (Å²) in [7, 11) is 3.57. The fraction of sp³-hybridized carbons (Fsp3) is 0.353. The highest BCUT2D eigenvalue weighted by atomic mass is 79.9. The third-order valence-corrected chi connectivity index (χ3v) is 5.73. The molecule has 2 heterocycles. The summed E-state index contributed by atoms with van der Waals surface area (Å²) in [4.78, 5) is 27.5. The van der Waals surface area contributed by atoms with Gasteiger partial charge in [0.25, 0.3) is 0 Å². The summed E-state index contributed by atoms with van der Waals surface area (Å²) in [6.07, 6.45) is 0. The van der Waals surface area contributed by atoms with Crippen LogP contribution >= 0.6 is 15.9 Å². The summed E-state index contributed by atoms with van der Waals surface area (Å²) in [5.74, 6) is -1.01. The van der Waals surface area contributed by atoms with Crippen molar-refractivity contribution in [2.75, 3.05) is 11.9 Å². The number of hydrogen-bond acceptors (Lipinski definition) is 3. The van der Waals surface area contributed by atoms with Gasteiger partial charge in [0.15, 0.2) is 0 Å². The Morgan fingerprint density at radius 3 is 2.60 bits per heavy atom. The highest BCUT2D eigenvalue weighted by Gasteiger charge is 2.34. The number of benzene rings is 1. The molecule has 0 spiro atoms. The summed E-state index contributed by atoms with van der Waals surface area (Å²) >= 11 is 3.52. The van der Waals surface area contributed by atoms with Gasteiger partial charge in [-0.3, -0.25) is 9.58 Å². The highest BCUT2D eigenvalue weighted by Crippen LogP contribution is 2.38. The Morgan fingerprint density at radius 1 is 1.36 bits per heavy atom. The molecule has 2 amide bonds. The van der Waals surface area contributed by atoms with Crippen molar-refractivity contribution < 1.29 is 14.7 Å². The number of anilines is 1. The van der Waals surface area contributed by atoms with Gasteiger partial charge in [-0.1, -0.05) is 6.07 Å². The first-order chi connectivity index (χ1) is 11.7. The summed E-state index contributed by atoms with van der Waals surface area (Å²) in [5.41, 5.74) is 3.39. The first-order valence-electron chi connectivity index (χ1n) is 7.82. The van der Waals surface area contributed by atoms with Crippen LogP contribution in [0, 0.1) is 6.92 Å². The van der Waals surface area contributed by atoms with Gasteiger partial charge in [0, 0.05) is 14.1 Å². The monoisotopic (exact) mass is 406 g/mol. The van der Waals surface area contributed by atoms with Gasteiger partial charge in [-0.05, 0) is 47.5 Å². The van der Waals surface area contributed by atoms with Crippen LogP contribution in [0.2, 0.25) is 0 Å². The molecule has 0 saturated carbocycles. The van der Waals surface area contributed by atoms with Crippen molar-refractivity contribution in [3.8, 4) is 0 Å². The minimum absolute atomic E-state index is 0.127. The first kappa shape index (κ1) is 17.5. The molecule has 1 aromatic carbocycles. The van der Waals surface area contributed by atoms with Gasteiger partial charge in [-0.25, -0.2) is 9.59 Å². The molecule has 7 nitrogen and oxygen atoms in total. The standard InChI is InChI=1S/C17H19BrN4O3/c1-9-15(18)14(21(4)19-9)8-22-13-7-11(16(23)24)5-6-12(13)10(2)20(3)17(22)25/h5-7,10H,8H2,1-4H3,(H,23,24)/t10-/m0/s1. The van der Waals surface area contributed by atoms with Crippen molar-refractivity contribution in [3.05, 3.63) is 45.2 Å². The maximum atomic E-state index is 12.9. The van der Waals surface area contributed by atoms with Gasteiger partial charge >= 0.3 is 12.0 Å². The number of aromatic nitrogens is 2. The maximum absolute atomic E-state index is 12.9. The molecule has 0 aliphatic carbocycles. The van der Waals surface area contributed by atoms with Crippen LogP contribution in [0.5, 0.6) is 0 Å². The normalized spacial score (nSPS) is 17.0. The molecule has 1 aliphatic rings. The summed E-state index contributed by atoms with van der Waals surface area (Å²) in [6, 6.07) is 4.62. The molecule has 0 saturated heterocycles. The summed E-state index contributed by atoms with van der Waals surface area (Å²) in [5, 5.41) is 13.7. The molecule has 1 atom stereocenters. The average molecular weight is 407 g/mol. The van der Waals surface area contributed by atoms with E-state index in [0.29, 0.717) is 12.2 Å². The molecule has 1 aliphatic heterocycles. The second-order valence-electron chi connectivity index (χ2n) is 6.20. The van der Waals surface area contributed by atoms with Gasteiger partial charge in [-0.15, -0.1) is 0 Å². The average Bonchev–Trinajstić information content (AvgIpc) is 2.81. The molecule has 2 aromatic rings. The van der Waals surface area contributed by atoms with Crippen LogP contribution in [0.15, 0.2) is 22.7 Å². The van der Waals surface area contributed by atoms with Crippen molar-refractivity contribution in [2.45, 2.75) is 26.4 Å². The molecular formula is C17H19BrN4O3. The fourth-order valence-electron chi connectivity index (χ4n) is 3.09. The number of carbonyl (C=O) groups is 2. The van der Waals surface area contributed by atoms with Gasteiger partial charge in [-0.2, -0.15) is 5.10 Å². The number of carbonyl (C=O) groups excluding carboxylic acids is 1. The zero-order chi connectivity index (χ0) is 18.5. The van der Waals surface area contributed by atoms with Gasteiger partial charge in [0.2, 0.25) is 0 Å². The molecule has 25 heavy (non-hydrogen) atoms. The van der Waals surface area contributed by atoms with E-state index < -0.39 is 5.97 Å². The number of aromatic carboxylic acids is 1. The molecule has 8 heteroatoms. The Morgan fingerprint density at radius 2 is 2.04 bits per heavy atom. The number of amides is 2. The lowest BCUT2D eigenvalue weighted by atomic mass is 9.99. The van der Waals surface area contributed by atoms with Crippen LogP contribution < -0.4 is 4.90 Å². The van der Waals surface area contributed by atoms with Crippen LogP contribution in [0.4, 0.5) is 10.5 Å². The predicted octanol–water partition coefficient (Wildman–Crippen LogP) is 3.32. The first-order valence-corrected chi connectivity index (χ1v) is 8.61. The molecule has 3 rings (SSSR count). The summed E-state index contributed by atoms with van der Waals surface area (Å²) in [6.45, 7) is 4.11. The minimum Gasteiger partial charge on any atom is -0.478 e. The smallest absolute Gasteiger partial charge is 0.335 e. The van der Waals surface area contributed by atoms with Crippen molar-refractivity contribution in [3.63, 3.8) is 0 Å². The van der Waals surface area contributed by atoms with Crippen molar-refractivity contribution in [1.29, 1.82) is 0 Å². The zero-order valence-corrected chi connectivity index (χ0v) is 16.0. The molecule has 0 unspecified atom stereocenters. The van der Waals surface area contributed by atoms with Crippen molar-refractivity contribution in [1.82, 2.24) is 14.7 Å². The van der Waals surface area contributed by atoms with Gasteiger partial charge in [0.1, 0.15) is 0 Å². The quantitative estimate of drug-likeness (QED) is 0.847. The largest absolute Gasteiger partial charge is 0.478 e. The number of hydrogen-bond donors (Lipinski definition) is 1. The zero-order valence-electron chi connectivity index (χ0n) is 14.4.